The van der Waals surface area contributed by atoms with Gasteiger partial charge in [0.1, 0.15) is 0 Å². The first-order valence-electron chi connectivity index (χ1n) is 2.18. The average Bonchev–Trinajstić information content (AvgIpc) is 1.95. The zero-order chi connectivity index (χ0) is 7.33. The molecule has 0 heterocycles. The quantitative estimate of drug-likeness (QED) is 0.456. The summed E-state index contributed by atoms with van der Waals surface area (Å²) in [5.74, 6) is 0. The maximum Gasteiger partial charge on any atom is 0.221 e. The molecule has 0 saturated heterocycles. The summed E-state index contributed by atoms with van der Waals surface area (Å²) in [7, 11) is 4.97. The molecule has 0 aliphatic heterocycles. The lowest BCUT2D eigenvalue weighted by atomic mass is 9.80. The lowest BCUT2D eigenvalue weighted by Crippen LogP contribution is -2.11. The molecule has 0 N–H and O–H groups in total. The van der Waals surface area contributed by atoms with Crippen molar-refractivity contribution >= 4 is 7.85 Å². The summed E-state index contributed by atoms with van der Waals surface area (Å²) in [6, 6.07) is 4.55. The Kier molecular flexibility index (Phi) is 2.30. The molecular weight excluding hydrogens is 113 g/mol. The van der Waals surface area contributed by atoms with Gasteiger partial charge < -0.3 is 0 Å². The van der Waals surface area contributed by atoms with E-state index in [9.17, 15) is 0 Å². The van der Waals surface area contributed by atoms with Gasteiger partial charge in [-0.3, -0.25) is 0 Å². The largest absolute Gasteiger partial charge is 0.221 e. The van der Waals surface area contributed by atoms with Gasteiger partial charge in [-0.15, -0.1) is 0 Å². The highest BCUT2D eigenvalue weighted by atomic mass is 14.4. The maximum atomic E-state index is 8.20. The third kappa shape index (κ3) is 1.21. The van der Waals surface area contributed by atoms with E-state index in [0.717, 1.165) is 0 Å². The standard InChI is InChI=1S/C5H2BN3/c6-1-5(2-7,3-8)4-9/h1H2. The Hall–Kier alpha value is -1.47. The molecule has 0 rings (SSSR count). The summed E-state index contributed by atoms with van der Waals surface area (Å²) in [6.07, 6.45) is -0.240. The minimum Gasteiger partial charge on any atom is -0.195 e. The summed E-state index contributed by atoms with van der Waals surface area (Å²) in [6.45, 7) is 0. The first-order chi connectivity index (χ1) is 4.24. The zero-order valence-electron chi connectivity index (χ0n) is 4.63. The van der Waals surface area contributed by atoms with Crippen LogP contribution in [-0.2, 0) is 0 Å². The van der Waals surface area contributed by atoms with Crippen molar-refractivity contribution in [3.05, 3.63) is 0 Å². The summed E-state index contributed by atoms with van der Waals surface area (Å²) in [5, 5.41) is 24.6. The zero-order valence-corrected chi connectivity index (χ0v) is 4.63. The van der Waals surface area contributed by atoms with Gasteiger partial charge in [0.15, 0.2) is 0 Å². The Labute approximate surface area is 54.5 Å². The monoisotopic (exact) mass is 115 g/mol. The van der Waals surface area contributed by atoms with Crippen LogP contribution in [0.4, 0.5) is 0 Å². The molecule has 0 bridgehead atoms. The molecule has 0 atom stereocenters. The summed E-state index contributed by atoms with van der Waals surface area (Å²) >= 11 is 0. The SMILES string of the molecule is [B]CC(C#N)(C#N)C#N. The molecule has 0 aliphatic carbocycles. The highest BCUT2D eigenvalue weighted by molar-refractivity contribution is 6.09. The predicted octanol–water partition coefficient (Wildman–Crippen LogP) is 0.130. The summed E-state index contributed by atoms with van der Waals surface area (Å²) in [5.41, 5.74) is -1.64. The first kappa shape index (κ1) is 7.53. The molecule has 0 aromatic heterocycles. The van der Waals surface area contributed by atoms with Gasteiger partial charge in [-0.2, -0.15) is 15.8 Å². The van der Waals surface area contributed by atoms with Crippen LogP contribution in [0.5, 0.6) is 0 Å². The van der Waals surface area contributed by atoms with E-state index in [1.807, 2.05) is 0 Å². The molecule has 4 heteroatoms. The van der Waals surface area contributed by atoms with Crippen LogP contribution < -0.4 is 0 Å². The molecule has 0 aliphatic rings. The van der Waals surface area contributed by atoms with Crippen LogP contribution in [0, 0.1) is 39.4 Å². The van der Waals surface area contributed by atoms with Crippen molar-refractivity contribution in [2.75, 3.05) is 0 Å². The fourth-order valence-corrected chi connectivity index (χ4v) is 0.212. The van der Waals surface area contributed by atoms with Gasteiger partial charge in [0.25, 0.3) is 0 Å². The molecule has 0 unspecified atom stereocenters. The number of nitriles is 3. The number of nitrogens with zero attached hydrogens (tertiary/aromatic N) is 3. The molecule has 40 valence electrons. The van der Waals surface area contributed by atoms with Crippen molar-refractivity contribution in [1.29, 1.82) is 15.8 Å². The van der Waals surface area contributed by atoms with Crippen molar-refractivity contribution in [2.45, 2.75) is 6.32 Å². The lowest BCUT2D eigenvalue weighted by Gasteiger charge is -2.01. The molecule has 2 radical (unpaired) electrons. The molecule has 9 heavy (non-hydrogen) atoms. The van der Waals surface area contributed by atoms with E-state index < -0.39 is 5.41 Å². The lowest BCUT2D eigenvalue weighted by molar-refractivity contribution is 0.771. The second-order valence-electron chi connectivity index (χ2n) is 1.44. The van der Waals surface area contributed by atoms with E-state index >= 15 is 0 Å². The molecule has 0 amide bonds. The van der Waals surface area contributed by atoms with Gasteiger partial charge in [-0.05, 0) is 6.32 Å². The number of hydrogen-bond donors (Lipinski definition) is 0. The van der Waals surface area contributed by atoms with Crippen LogP contribution in [-0.4, -0.2) is 7.85 Å². The molecular formula is C5H2BN3. The van der Waals surface area contributed by atoms with Crippen LogP contribution in [0.3, 0.4) is 0 Å². The Morgan fingerprint density at radius 3 is 1.44 bits per heavy atom. The van der Waals surface area contributed by atoms with Crippen molar-refractivity contribution in [3.8, 4) is 18.2 Å². The fraction of sp³-hybridized carbons (Fsp3) is 0.400. The van der Waals surface area contributed by atoms with Crippen LogP contribution in [0.2, 0.25) is 6.32 Å². The van der Waals surface area contributed by atoms with Crippen LogP contribution >= 0.6 is 0 Å². The van der Waals surface area contributed by atoms with E-state index in [1.165, 1.54) is 18.2 Å². The summed E-state index contributed by atoms with van der Waals surface area (Å²) < 4.78 is 0. The van der Waals surface area contributed by atoms with Crippen LogP contribution in [0.15, 0.2) is 0 Å². The fourth-order valence-electron chi connectivity index (χ4n) is 0.212. The van der Waals surface area contributed by atoms with E-state index in [1.54, 1.807) is 0 Å². The van der Waals surface area contributed by atoms with Crippen molar-refractivity contribution in [1.82, 2.24) is 0 Å². The van der Waals surface area contributed by atoms with Crippen molar-refractivity contribution in [2.24, 2.45) is 5.41 Å². The van der Waals surface area contributed by atoms with Crippen LogP contribution in [0.1, 0.15) is 0 Å². The third-order valence-electron chi connectivity index (χ3n) is 0.879. The number of hydrogen-bond acceptors (Lipinski definition) is 3. The van der Waals surface area contributed by atoms with E-state index in [2.05, 4.69) is 0 Å². The third-order valence-corrected chi connectivity index (χ3v) is 0.879. The topological polar surface area (TPSA) is 71.4 Å². The predicted molar refractivity (Wildman–Crippen MR) is 29.8 cm³/mol. The van der Waals surface area contributed by atoms with Gasteiger partial charge in [0.05, 0.1) is 26.1 Å². The van der Waals surface area contributed by atoms with Crippen molar-refractivity contribution < 1.29 is 0 Å². The van der Waals surface area contributed by atoms with Gasteiger partial charge in [-0.1, -0.05) is 0 Å². The molecule has 0 fully saturated rings. The summed E-state index contributed by atoms with van der Waals surface area (Å²) in [4.78, 5) is 0. The smallest absolute Gasteiger partial charge is 0.195 e. The van der Waals surface area contributed by atoms with Gasteiger partial charge in [0.2, 0.25) is 5.41 Å². The highest BCUT2D eigenvalue weighted by Crippen LogP contribution is 2.16. The average molecular weight is 115 g/mol. The highest BCUT2D eigenvalue weighted by Gasteiger charge is 2.26. The number of rotatable bonds is 1. The minimum absolute atomic E-state index is 0.240. The second-order valence-corrected chi connectivity index (χ2v) is 1.44. The Balaban J connectivity index is 4.54. The normalized spacial score (nSPS) is 8.56. The van der Waals surface area contributed by atoms with E-state index in [0.29, 0.717) is 0 Å². The first-order valence-corrected chi connectivity index (χ1v) is 2.18. The molecule has 0 aromatic rings. The molecule has 0 saturated carbocycles. The Morgan fingerprint density at radius 1 is 1.11 bits per heavy atom. The van der Waals surface area contributed by atoms with Gasteiger partial charge in [-0.25, -0.2) is 0 Å². The van der Waals surface area contributed by atoms with Gasteiger partial charge >= 0.3 is 0 Å². The maximum absolute atomic E-state index is 8.20. The molecule has 0 spiro atoms. The van der Waals surface area contributed by atoms with E-state index in [4.69, 9.17) is 23.6 Å². The van der Waals surface area contributed by atoms with E-state index in [-0.39, 0.29) is 6.32 Å². The molecule has 3 nitrogen and oxygen atoms in total. The Morgan fingerprint density at radius 2 is 1.44 bits per heavy atom. The Bertz CT molecular complexity index is 178. The minimum atomic E-state index is -1.64. The van der Waals surface area contributed by atoms with Crippen LogP contribution in [0.25, 0.3) is 0 Å². The van der Waals surface area contributed by atoms with Crippen molar-refractivity contribution in [3.63, 3.8) is 0 Å². The molecule has 0 aromatic carbocycles. The second kappa shape index (κ2) is 2.75. The van der Waals surface area contributed by atoms with Gasteiger partial charge in [0, 0.05) is 0 Å².